The topological polar surface area (TPSA) is 72.6 Å². The Morgan fingerprint density at radius 2 is 2.06 bits per heavy atom. The van der Waals surface area contributed by atoms with E-state index in [9.17, 15) is 14.9 Å². The Morgan fingerprint density at radius 3 is 2.56 bits per heavy atom. The van der Waals surface area contributed by atoms with Gasteiger partial charge in [0.05, 0.1) is 9.97 Å². The summed E-state index contributed by atoms with van der Waals surface area (Å²) in [6.45, 7) is 0.243. The summed E-state index contributed by atoms with van der Waals surface area (Å²) in [6, 6.07) is 6.28. The normalized spacial score (nSPS) is 15.0. The lowest BCUT2D eigenvalue weighted by Crippen LogP contribution is -1.96. The third-order valence-electron chi connectivity index (χ3n) is 2.12. The standard InChI is InChI=1S/C10H8N2O3S/c13-10-6-11-9(16-10)5-7-1-3-8(4-2-7)12(14)15/h1-4H,5-6H2. The van der Waals surface area contributed by atoms with Crippen molar-refractivity contribution in [1.29, 1.82) is 0 Å². The van der Waals surface area contributed by atoms with Gasteiger partial charge in [-0.3, -0.25) is 19.9 Å². The van der Waals surface area contributed by atoms with Crippen molar-refractivity contribution < 1.29 is 9.72 Å². The molecular weight excluding hydrogens is 228 g/mol. The highest BCUT2D eigenvalue weighted by molar-refractivity contribution is 8.26. The minimum absolute atomic E-state index is 0.0527. The molecule has 0 atom stereocenters. The van der Waals surface area contributed by atoms with E-state index in [2.05, 4.69) is 4.99 Å². The quantitative estimate of drug-likeness (QED) is 0.592. The number of carbonyl (C=O) groups excluding carboxylic acids is 1. The fraction of sp³-hybridized carbons (Fsp3) is 0.200. The van der Waals surface area contributed by atoms with E-state index in [1.54, 1.807) is 12.1 Å². The average Bonchev–Trinajstić information content (AvgIpc) is 2.65. The van der Waals surface area contributed by atoms with Crippen LogP contribution in [0.1, 0.15) is 5.56 Å². The Bertz CT molecular complexity index is 467. The first-order chi connectivity index (χ1) is 7.65. The highest BCUT2D eigenvalue weighted by Gasteiger charge is 2.16. The van der Waals surface area contributed by atoms with E-state index in [-0.39, 0.29) is 17.3 Å². The second-order valence-corrected chi connectivity index (χ2v) is 4.42. The minimum atomic E-state index is -0.435. The van der Waals surface area contributed by atoms with E-state index in [0.717, 1.165) is 22.4 Å². The first-order valence-electron chi connectivity index (χ1n) is 4.62. The number of thioether (sulfide) groups is 1. The highest BCUT2D eigenvalue weighted by atomic mass is 32.2. The lowest BCUT2D eigenvalue weighted by molar-refractivity contribution is -0.384. The number of nitro groups is 1. The lowest BCUT2D eigenvalue weighted by atomic mass is 10.1. The van der Waals surface area contributed by atoms with Gasteiger partial charge in [0, 0.05) is 18.6 Å². The fourth-order valence-corrected chi connectivity index (χ4v) is 2.11. The predicted molar refractivity (Wildman–Crippen MR) is 61.7 cm³/mol. The molecule has 0 unspecified atom stereocenters. The van der Waals surface area contributed by atoms with Crippen LogP contribution in [0.15, 0.2) is 29.3 Å². The van der Waals surface area contributed by atoms with Gasteiger partial charge in [0.1, 0.15) is 6.54 Å². The number of nitrogens with zero attached hydrogens (tertiary/aromatic N) is 2. The monoisotopic (exact) mass is 236 g/mol. The molecule has 5 nitrogen and oxygen atoms in total. The molecule has 1 aliphatic rings. The molecule has 1 aromatic rings. The molecule has 1 aliphatic heterocycles. The number of hydrogen-bond donors (Lipinski definition) is 0. The van der Waals surface area contributed by atoms with Gasteiger partial charge in [-0.1, -0.05) is 12.1 Å². The van der Waals surface area contributed by atoms with Crippen LogP contribution in [0.3, 0.4) is 0 Å². The first-order valence-corrected chi connectivity index (χ1v) is 5.44. The summed E-state index contributed by atoms with van der Waals surface area (Å²) in [4.78, 5) is 25.0. The van der Waals surface area contributed by atoms with Crippen molar-refractivity contribution >= 4 is 27.6 Å². The minimum Gasteiger partial charge on any atom is -0.285 e. The molecule has 0 bridgehead atoms. The van der Waals surface area contributed by atoms with Crippen LogP contribution in [0.5, 0.6) is 0 Å². The zero-order valence-electron chi connectivity index (χ0n) is 8.25. The maximum atomic E-state index is 10.9. The maximum Gasteiger partial charge on any atom is 0.269 e. The van der Waals surface area contributed by atoms with Crippen LogP contribution in [0.25, 0.3) is 0 Å². The molecule has 1 aromatic carbocycles. The van der Waals surface area contributed by atoms with Gasteiger partial charge < -0.3 is 0 Å². The van der Waals surface area contributed by atoms with Crippen molar-refractivity contribution in [3.8, 4) is 0 Å². The van der Waals surface area contributed by atoms with Crippen molar-refractivity contribution in [3.63, 3.8) is 0 Å². The molecule has 0 saturated carbocycles. The first kappa shape index (κ1) is 10.8. The number of hydrogen-bond acceptors (Lipinski definition) is 5. The van der Waals surface area contributed by atoms with E-state index in [0.29, 0.717) is 6.42 Å². The van der Waals surface area contributed by atoms with Crippen molar-refractivity contribution in [2.45, 2.75) is 6.42 Å². The van der Waals surface area contributed by atoms with Crippen LogP contribution < -0.4 is 0 Å². The summed E-state index contributed by atoms with van der Waals surface area (Å²) >= 11 is 1.15. The third-order valence-corrected chi connectivity index (χ3v) is 2.98. The smallest absolute Gasteiger partial charge is 0.269 e. The second-order valence-electron chi connectivity index (χ2n) is 3.28. The summed E-state index contributed by atoms with van der Waals surface area (Å²) in [5.41, 5.74) is 0.993. The van der Waals surface area contributed by atoms with Gasteiger partial charge in [-0.2, -0.15) is 0 Å². The average molecular weight is 236 g/mol. The molecule has 1 heterocycles. The van der Waals surface area contributed by atoms with E-state index in [1.165, 1.54) is 12.1 Å². The predicted octanol–water partition coefficient (Wildman–Crippen LogP) is 1.81. The van der Waals surface area contributed by atoms with Crippen LogP contribution in [0.4, 0.5) is 5.69 Å². The molecule has 0 saturated heterocycles. The van der Waals surface area contributed by atoms with E-state index in [1.807, 2.05) is 0 Å². The Morgan fingerprint density at radius 1 is 1.38 bits per heavy atom. The number of benzene rings is 1. The Kier molecular flexibility index (Phi) is 3.00. The van der Waals surface area contributed by atoms with Gasteiger partial charge in [-0.05, 0) is 17.3 Å². The molecule has 0 radical (unpaired) electrons. The molecule has 0 aliphatic carbocycles. The number of carbonyl (C=O) groups is 1. The molecule has 6 heteroatoms. The van der Waals surface area contributed by atoms with E-state index < -0.39 is 4.92 Å². The molecule has 0 N–H and O–H groups in total. The summed E-state index contributed by atoms with van der Waals surface area (Å²) in [5.74, 6) is 0. The SMILES string of the molecule is O=C1CN=C(Cc2ccc([N+](=O)[O-])cc2)S1. The van der Waals surface area contributed by atoms with Gasteiger partial charge in [-0.15, -0.1) is 0 Å². The van der Waals surface area contributed by atoms with Crippen LogP contribution in [0.2, 0.25) is 0 Å². The van der Waals surface area contributed by atoms with Gasteiger partial charge in [0.25, 0.3) is 5.69 Å². The van der Waals surface area contributed by atoms with Gasteiger partial charge in [0.2, 0.25) is 5.12 Å². The highest BCUT2D eigenvalue weighted by Crippen LogP contribution is 2.19. The number of rotatable bonds is 3. The van der Waals surface area contributed by atoms with Crippen LogP contribution in [0, 0.1) is 10.1 Å². The molecule has 0 amide bonds. The summed E-state index contributed by atoms with van der Waals surface area (Å²) in [5, 5.41) is 11.3. The number of aliphatic imine (C=N–C) groups is 1. The lowest BCUT2D eigenvalue weighted by Gasteiger charge is -1.99. The van der Waals surface area contributed by atoms with Crippen molar-refractivity contribution in [3.05, 3.63) is 39.9 Å². The van der Waals surface area contributed by atoms with Crippen molar-refractivity contribution in [2.24, 2.45) is 4.99 Å². The molecule has 82 valence electrons. The Balaban J connectivity index is 2.06. The largest absolute Gasteiger partial charge is 0.285 e. The zero-order chi connectivity index (χ0) is 11.5. The van der Waals surface area contributed by atoms with Gasteiger partial charge in [0.15, 0.2) is 0 Å². The molecule has 0 spiro atoms. The van der Waals surface area contributed by atoms with Crippen LogP contribution in [-0.2, 0) is 11.2 Å². The van der Waals surface area contributed by atoms with Crippen molar-refractivity contribution in [1.82, 2.24) is 0 Å². The second kappa shape index (κ2) is 4.44. The van der Waals surface area contributed by atoms with E-state index in [4.69, 9.17) is 0 Å². The number of nitro benzene ring substituents is 1. The van der Waals surface area contributed by atoms with Crippen LogP contribution >= 0.6 is 11.8 Å². The van der Waals surface area contributed by atoms with Crippen molar-refractivity contribution in [2.75, 3.05) is 6.54 Å². The number of non-ortho nitro benzene ring substituents is 1. The molecular formula is C10H8N2O3S. The summed E-state index contributed by atoms with van der Waals surface area (Å²) in [7, 11) is 0. The zero-order valence-corrected chi connectivity index (χ0v) is 9.07. The summed E-state index contributed by atoms with van der Waals surface area (Å²) < 4.78 is 0. The van der Waals surface area contributed by atoms with E-state index >= 15 is 0 Å². The molecule has 2 rings (SSSR count). The third kappa shape index (κ3) is 2.46. The molecule has 0 fully saturated rings. The maximum absolute atomic E-state index is 10.9. The molecule has 16 heavy (non-hydrogen) atoms. The fourth-order valence-electron chi connectivity index (χ4n) is 1.35. The Labute approximate surface area is 95.7 Å². The Hall–Kier alpha value is -1.69. The van der Waals surface area contributed by atoms with Gasteiger partial charge >= 0.3 is 0 Å². The molecule has 0 aromatic heterocycles. The van der Waals surface area contributed by atoms with Gasteiger partial charge in [-0.25, -0.2) is 0 Å². The van der Waals surface area contributed by atoms with Crippen LogP contribution in [-0.4, -0.2) is 21.6 Å². The summed E-state index contributed by atoms with van der Waals surface area (Å²) in [6.07, 6.45) is 0.564.